The van der Waals surface area contributed by atoms with E-state index in [9.17, 15) is 8.42 Å². The minimum absolute atomic E-state index is 0.223. The normalized spacial score (nSPS) is 24.0. The third-order valence-electron chi connectivity index (χ3n) is 3.26. The lowest BCUT2D eigenvalue weighted by Crippen LogP contribution is -2.42. The van der Waals surface area contributed by atoms with E-state index in [-0.39, 0.29) is 11.4 Å². The van der Waals surface area contributed by atoms with Crippen LogP contribution >= 0.6 is 11.6 Å². The number of halogens is 1. The second-order valence-electron chi connectivity index (χ2n) is 5.63. The van der Waals surface area contributed by atoms with Crippen LogP contribution in [0.2, 0.25) is 0 Å². The second-order valence-corrected chi connectivity index (χ2v) is 8.66. The van der Waals surface area contributed by atoms with Crippen LogP contribution in [0.25, 0.3) is 0 Å². The van der Waals surface area contributed by atoms with E-state index in [0.29, 0.717) is 6.42 Å². The van der Waals surface area contributed by atoms with Gasteiger partial charge in [-0.25, -0.2) is 13.1 Å². The Morgan fingerprint density at radius 2 is 1.89 bits per heavy atom. The fourth-order valence-electron chi connectivity index (χ4n) is 2.03. The van der Waals surface area contributed by atoms with Crippen LogP contribution in [0.15, 0.2) is 24.3 Å². The van der Waals surface area contributed by atoms with Gasteiger partial charge >= 0.3 is 0 Å². The molecule has 0 saturated heterocycles. The highest BCUT2D eigenvalue weighted by atomic mass is 35.5. The van der Waals surface area contributed by atoms with Crippen LogP contribution in [0, 0.1) is 0 Å². The van der Waals surface area contributed by atoms with Crippen molar-refractivity contribution in [3.63, 3.8) is 0 Å². The van der Waals surface area contributed by atoms with E-state index in [1.54, 1.807) is 20.8 Å². The molecule has 2 rings (SSSR count). The summed E-state index contributed by atoms with van der Waals surface area (Å²) in [7, 11) is -3.39. The van der Waals surface area contributed by atoms with Crippen molar-refractivity contribution < 1.29 is 8.42 Å². The maximum atomic E-state index is 12.2. The average Bonchev–Trinajstić information content (AvgIpc) is 2.54. The quantitative estimate of drug-likeness (QED) is 0.850. The van der Waals surface area contributed by atoms with E-state index in [0.717, 1.165) is 11.1 Å². The minimum atomic E-state index is -3.39. The van der Waals surface area contributed by atoms with Gasteiger partial charge in [-0.05, 0) is 38.3 Å². The topological polar surface area (TPSA) is 46.2 Å². The van der Waals surface area contributed by atoms with E-state index in [4.69, 9.17) is 11.6 Å². The summed E-state index contributed by atoms with van der Waals surface area (Å²) in [6.45, 7) is 5.04. The molecule has 0 radical (unpaired) electrons. The highest BCUT2D eigenvalue weighted by molar-refractivity contribution is 7.90. The maximum Gasteiger partial charge on any atom is 0.217 e. The van der Waals surface area contributed by atoms with Crippen molar-refractivity contribution in [2.45, 2.75) is 43.4 Å². The van der Waals surface area contributed by atoms with Crippen LogP contribution in [0.1, 0.15) is 37.9 Å². The number of alkyl halides is 1. The minimum Gasteiger partial charge on any atom is -0.212 e. The Hall–Kier alpha value is -0.580. The van der Waals surface area contributed by atoms with Crippen LogP contribution in [-0.4, -0.2) is 18.5 Å². The summed E-state index contributed by atoms with van der Waals surface area (Å²) in [4.78, 5) is 0. The lowest BCUT2D eigenvalue weighted by molar-refractivity contribution is 0.524. The standard InChI is InChI=1S/C13H18ClNO2S/c1-13(2,3)18(16,17)15-12-10-7-5-4-6-9(10)8-11(12)14/h4-7,11-12,15H,8H2,1-3H3. The van der Waals surface area contributed by atoms with Gasteiger partial charge in [0, 0.05) is 0 Å². The molecule has 1 aliphatic carbocycles. The molecule has 1 aliphatic rings. The van der Waals surface area contributed by atoms with Crippen LogP contribution in [-0.2, 0) is 16.4 Å². The number of hydrogen-bond donors (Lipinski definition) is 1. The predicted octanol–water partition coefficient (Wildman–Crippen LogP) is 2.61. The molecule has 0 fully saturated rings. The van der Waals surface area contributed by atoms with E-state index < -0.39 is 14.8 Å². The van der Waals surface area contributed by atoms with Gasteiger partial charge in [-0.2, -0.15) is 0 Å². The monoisotopic (exact) mass is 287 g/mol. The molecule has 0 aromatic heterocycles. The Morgan fingerprint density at radius 3 is 2.50 bits per heavy atom. The van der Waals surface area contributed by atoms with Crippen molar-refractivity contribution in [2.24, 2.45) is 0 Å². The molecule has 0 spiro atoms. The van der Waals surface area contributed by atoms with Gasteiger partial charge in [-0.1, -0.05) is 24.3 Å². The average molecular weight is 288 g/mol. The molecular formula is C13H18ClNO2S. The number of fused-ring (bicyclic) bond motifs is 1. The summed E-state index contributed by atoms with van der Waals surface area (Å²) < 4.78 is 26.3. The molecule has 2 unspecified atom stereocenters. The van der Waals surface area contributed by atoms with Crippen LogP contribution < -0.4 is 4.72 Å². The molecule has 18 heavy (non-hydrogen) atoms. The van der Waals surface area contributed by atoms with Crippen molar-refractivity contribution >= 4 is 21.6 Å². The SMILES string of the molecule is CC(C)(C)S(=O)(=O)NC1c2ccccc2CC1Cl. The van der Waals surface area contributed by atoms with E-state index in [1.807, 2.05) is 24.3 Å². The highest BCUT2D eigenvalue weighted by Gasteiger charge is 2.37. The number of sulfonamides is 1. The molecule has 3 nitrogen and oxygen atoms in total. The van der Waals surface area contributed by atoms with Crippen molar-refractivity contribution in [3.8, 4) is 0 Å². The van der Waals surface area contributed by atoms with E-state index in [1.165, 1.54) is 0 Å². The molecular weight excluding hydrogens is 270 g/mol. The smallest absolute Gasteiger partial charge is 0.212 e. The van der Waals surface area contributed by atoms with Gasteiger partial charge in [0.25, 0.3) is 0 Å². The van der Waals surface area contributed by atoms with Gasteiger partial charge < -0.3 is 0 Å². The fraction of sp³-hybridized carbons (Fsp3) is 0.538. The van der Waals surface area contributed by atoms with Crippen molar-refractivity contribution in [1.29, 1.82) is 0 Å². The molecule has 2 atom stereocenters. The zero-order chi connectivity index (χ0) is 13.6. The number of nitrogens with one attached hydrogen (secondary N) is 1. The lowest BCUT2D eigenvalue weighted by atomic mass is 10.1. The molecule has 1 N–H and O–H groups in total. The number of hydrogen-bond acceptors (Lipinski definition) is 2. The molecule has 0 amide bonds. The number of benzene rings is 1. The Balaban J connectivity index is 2.31. The lowest BCUT2D eigenvalue weighted by Gasteiger charge is -2.25. The van der Waals surface area contributed by atoms with Crippen molar-refractivity contribution in [2.75, 3.05) is 0 Å². The van der Waals surface area contributed by atoms with E-state index >= 15 is 0 Å². The Morgan fingerprint density at radius 1 is 1.28 bits per heavy atom. The predicted molar refractivity (Wildman–Crippen MR) is 74.3 cm³/mol. The summed E-state index contributed by atoms with van der Waals surface area (Å²) in [6.07, 6.45) is 0.703. The third-order valence-corrected chi connectivity index (χ3v) is 5.84. The van der Waals surface area contributed by atoms with Gasteiger partial charge in [0.05, 0.1) is 16.2 Å². The first-order valence-electron chi connectivity index (χ1n) is 5.96. The molecule has 100 valence electrons. The third kappa shape index (κ3) is 2.42. The van der Waals surface area contributed by atoms with Gasteiger partial charge in [-0.15, -0.1) is 11.6 Å². The van der Waals surface area contributed by atoms with Gasteiger partial charge in [0.15, 0.2) is 0 Å². The Labute approximate surface area is 114 Å². The first kappa shape index (κ1) is 13.8. The Bertz CT molecular complexity index is 548. The highest BCUT2D eigenvalue weighted by Crippen LogP contribution is 2.36. The molecule has 1 aromatic rings. The second kappa shape index (κ2) is 4.51. The molecule has 5 heteroatoms. The van der Waals surface area contributed by atoms with E-state index in [2.05, 4.69) is 4.72 Å². The van der Waals surface area contributed by atoms with Crippen LogP contribution in [0.5, 0.6) is 0 Å². The summed E-state index contributed by atoms with van der Waals surface area (Å²) in [6, 6.07) is 7.46. The Kier molecular flexibility index (Phi) is 3.47. The number of rotatable bonds is 2. The largest absolute Gasteiger partial charge is 0.217 e. The summed E-state index contributed by atoms with van der Waals surface area (Å²) in [5.74, 6) is 0. The zero-order valence-electron chi connectivity index (χ0n) is 10.8. The molecule has 0 aliphatic heterocycles. The van der Waals surface area contributed by atoms with Gasteiger partial charge in [0.1, 0.15) is 0 Å². The summed E-state index contributed by atoms with van der Waals surface area (Å²) >= 11 is 6.27. The maximum absolute atomic E-state index is 12.2. The molecule has 1 aromatic carbocycles. The van der Waals surface area contributed by atoms with Crippen LogP contribution in [0.3, 0.4) is 0 Å². The van der Waals surface area contributed by atoms with Crippen LogP contribution in [0.4, 0.5) is 0 Å². The molecule has 0 heterocycles. The molecule has 0 bridgehead atoms. The van der Waals surface area contributed by atoms with Gasteiger partial charge in [0.2, 0.25) is 10.0 Å². The van der Waals surface area contributed by atoms with Gasteiger partial charge in [-0.3, -0.25) is 0 Å². The zero-order valence-corrected chi connectivity index (χ0v) is 12.3. The van der Waals surface area contributed by atoms with Crippen molar-refractivity contribution in [1.82, 2.24) is 4.72 Å². The first-order valence-corrected chi connectivity index (χ1v) is 7.88. The fourth-order valence-corrected chi connectivity index (χ4v) is 3.45. The molecule has 0 saturated carbocycles. The van der Waals surface area contributed by atoms with Crippen molar-refractivity contribution in [3.05, 3.63) is 35.4 Å². The summed E-state index contributed by atoms with van der Waals surface area (Å²) in [5.41, 5.74) is 2.12. The first-order chi connectivity index (χ1) is 8.22. The summed E-state index contributed by atoms with van der Waals surface area (Å²) in [5, 5.41) is -0.223.